The Bertz CT molecular complexity index is 1140. The molecule has 0 atom stereocenters. The largest absolute Gasteiger partial charge is 0.489 e. The predicted molar refractivity (Wildman–Crippen MR) is 116 cm³/mol. The van der Waals surface area contributed by atoms with Crippen molar-refractivity contribution in [3.05, 3.63) is 99.1 Å². The molecule has 0 aliphatic rings. The molecule has 4 rings (SSSR count). The van der Waals surface area contributed by atoms with Gasteiger partial charge in [0.25, 0.3) is 5.91 Å². The van der Waals surface area contributed by atoms with E-state index in [-0.39, 0.29) is 11.7 Å². The molecular formula is C22H17ClFN3O2S. The number of anilines is 1. The van der Waals surface area contributed by atoms with Crippen molar-refractivity contribution in [3.63, 3.8) is 0 Å². The minimum Gasteiger partial charge on any atom is -0.489 e. The Balaban J connectivity index is 1.32. The molecule has 0 fully saturated rings. The van der Waals surface area contributed by atoms with Crippen LogP contribution in [-0.4, -0.2) is 15.7 Å². The van der Waals surface area contributed by atoms with Gasteiger partial charge in [0.05, 0.1) is 11.4 Å². The summed E-state index contributed by atoms with van der Waals surface area (Å²) >= 11 is 7.20. The minimum atomic E-state index is -0.277. The van der Waals surface area contributed by atoms with Crippen LogP contribution < -0.4 is 10.1 Å². The van der Waals surface area contributed by atoms with Gasteiger partial charge < -0.3 is 10.1 Å². The van der Waals surface area contributed by atoms with Gasteiger partial charge in [-0.15, -0.1) is 11.3 Å². The summed E-state index contributed by atoms with van der Waals surface area (Å²) in [6.07, 6.45) is 1.76. The number of carbonyl (C=O) groups excluding carboxylic acids is 1. The number of ether oxygens (including phenoxy) is 1. The molecule has 152 valence electrons. The molecule has 0 aliphatic carbocycles. The van der Waals surface area contributed by atoms with Crippen LogP contribution in [0.5, 0.6) is 5.75 Å². The standard InChI is InChI=1S/C22H17ClFN3O2S/c23-17-3-7-19(8-4-17)29-13-16-11-20(30-14-16)22(28)25-21-9-10-27(26-21)12-15-1-5-18(24)6-2-15/h1-11,14H,12-13H2,(H,25,26,28). The van der Waals surface area contributed by atoms with Crippen LogP contribution in [0.3, 0.4) is 0 Å². The highest BCUT2D eigenvalue weighted by atomic mass is 35.5. The van der Waals surface area contributed by atoms with Crippen molar-refractivity contribution in [1.82, 2.24) is 9.78 Å². The summed E-state index contributed by atoms with van der Waals surface area (Å²) in [6, 6.07) is 16.9. The average Bonchev–Trinajstić information content (AvgIpc) is 3.39. The van der Waals surface area contributed by atoms with Crippen LogP contribution in [0.1, 0.15) is 20.8 Å². The number of nitrogens with one attached hydrogen (secondary N) is 1. The summed E-state index contributed by atoms with van der Waals surface area (Å²) in [4.78, 5) is 13.1. The smallest absolute Gasteiger partial charge is 0.266 e. The second-order valence-electron chi connectivity index (χ2n) is 6.54. The van der Waals surface area contributed by atoms with Crippen molar-refractivity contribution < 1.29 is 13.9 Å². The van der Waals surface area contributed by atoms with Gasteiger partial charge in [0.1, 0.15) is 18.2 Å². The van der Waals surface area contributed by atoms with Crippen LogP contribution in [-0.2, 0) is 13.2 Å². The molecule has 0 saturated heterocycles. The molecule has 30 heavy (non-hydrogen) atoms. The number of thiophene rings is 1. The summed E-state index contributed by atoms with van der Waals surface area (Å²) < 4.78 is 20.4. The molecule has 5 nitrogen and oxygen atoms in total. The zero-order chi connectivity index (χ0) is 20.9. The Kier molecular flexibility index (Phi) is 6.11. The lowest BCUT2D eigenvalue weighted by Gasteiger charge is -2.04. The summed E-state index contributed by atoms with van der Waals surface area (Å²) in [5.74, 6) is 0.656. The lowest BCUT2D eigenvalue weighted by Crippen LogP contribution is -2.11. The first kappa shape index (κ1) is 20.1. The number of amides is 1. The highest BCUT2D eigenvalue weighted by Crippen LogP contribution is 2.20. The fraction of sp³-hybridized carbons (Fsp3) is 0.0909. The third-order valence-corrected chi connectivity index (χ3v) is 5.47. The third kappa shape index (κ3) is 5.25. The number of aromatic nitrogens is 2. The van der Waals surface area contributed by atoms with Gasteiger partial charge in [-0.3, -0.25) is 9.48 Å². The topological polar surface area (TPSA) is 56.2 Å². The van der Waals surface area contributed by atoms with Gasteiger partial charge in [-0.05, 0) is 53.4 Å². The molecule has 2 aromatic heterocycles. The maximum Gasteiger partial charge on any atom is 0.266 e. The first-order valence-corrected chi connectivity index (χ1v) is 10.4. The highest BCUT2D eigenvalue weighted by Gasteiger charge is 2.12. The molecule has 2 aromatic carbocycles. The normalized spacial score (nSPS) is 10.7. The van der Waals surface area contributed by atoms with Crippen molar-refractivity contribution in [2.24, 2.45) is 0 Å². The molecule has 0 radical (unpaired) electrons. The summed E-state index contributed by atoms with van der Waals surface area (Å²) in [7, 11) is 0. The number of carbonyl (C=O) groups is 1. The molecule has 0 unspecified atom stereocenters. The van der Waals surface area contributed by atoms with E-state index in [9.17, 15) is 9.18 Å². The molecule has 0 aliphatic heterocycles. The fourth-order valence-corrected chi connectivity index (χ4v) is 3.66. The number of hydrogen-bond donors (Lipinski definition) is 1. The number of rotatable bonds is 7. The van der Waals surface area contributed by atoms with Gasteiger partial charge in [-0.2, -0.15) is 5.10 Å². The van der Waals surface area contributed by atoms with Crippen LogP contribution in [0, 0.1) is 5.82 Å². The van der Waals surface area contributed by atoms with E-state index in [1.807, 2.05) is 5.38 Å². The first-order valence-electron chi connectivity index (χ1n) is 9.10. The molecule has 8 heteroatoms. The van der Waals surface area contributed by atoms with E-state index in [1.165, 1.54) is 23.5 Å². The van der Waals surface area contributed by atoms with Crippen LogP contribution in [0.15, 0.2) is 72.2 Å². The Morgan fingerprint density at radius 1 is 1.10 bits per heavy atom. The summed E-state index contributed by atoms with van der Waals surface area (Å²) in [5.41, 5.74) is 1.82. The molecule has 1 amide bonds. The summed E-state index contributed by atoms with van der Waals surface area (Å²) in [6.45, 7) is 0.846. The highest BCUT2D eigenvalue weighted by molar-refractivity contribution is 7.12. The second kappa shape index (κ2) is 9.11. The second-order valence-corrected chi connectivity index (χ2v) is 7.89. The van der Waals surface area contributed by atoms with E-state index in [4.69, 9.17) is 16.3 Å². The monoisotopic (exact) mass is 441 g/mol. The van der Waals surface area contributed by atoms with Gasteiger partial charge in [-0.1, -0.05) is 23.7 Å². The molecular weight excluding hydrogens is 425 g/mol. The van der Waals surface area contributed by atoms with Crippen molar-refractivity contribution in [2.45, 2.75) is 13.2 Å². The Morgan fingerprint density at radius 3 is 2.63 bits per heavy atom. The molecule has 0 saturated carbocycles. The van der Waals surface area contributed by atoms with E-state index >= 15 is 0 Å². The Labute approximate surface area is 181 Å². The maximum atomic E-state index is 13.0. The van der Waals surface area contributed by atoms with Crippen molar-refractivity contribution in [3.8, 4) is 5.75 Å². The van der Waals surface area contributed by atoms with E-state index < -0.39 is 0 Å². The average molecular weight is 442 g/mol. The Morgan fingerprint density at radius 2 is 1.87 bits per heavy atom. The molecule has 2 heterocycles. The predicted octanol–water partition coefficient (Wildman–Crippen LogP) is 5.62. The molecule has 4 aromatic rings. The lowest BCUT2D eigenvalue weighted by atomic mass is 10.2. The van der Waals surface area contributed by atoms with Crippen LogP contribution in [0.25, 0.3) is 0 Å². The van der Waals surface area contributed by atoms with E-state index in [2.05, 4.69) is 10.4 Å². The van der Waals surface area contributed by atoms with Gasteiger partial charge >= 0.3 is 0 Å². The molecule has 1 N–H and O–H groups in total. The molecule has 0 spiro atoms. The van der Waals surface area contributed by atoms with Crippen molar-refractivity contribution in [1.29, 1.82) is 0 Å². The minimum absolute atomic E-state index is 0.232. The fourth-order valence-electron chi connectivity index (χ4n) is 2.74. The van der Waals surface area contributed by atoms with Crippen molar-refractivity contribution >= 4 is 34.7 Å². The SMILES string of the molecule is O=C(Nc1ccn(Cc2ccc(F)cc2)n1)c1cc(COc2ccc(Cl)cc2)cs1. The zero-order valence-electron chi connectivity index (χ0n) is 15.7. The van der Waals surface area contributed by atoms with Crippen LogP contribution >= 0.6 is 22.9 Å². The molecule has 0 bridgehead atoms. The van der Waals surface area contributed by atoms with Gasteiger partial charge in [0.2, 0.25) is 0 Å². The van der Waals surface area contributed by atoms with Crippen LogP contribution in [0.2, 0.25) is 5.02 Å². The van der Waals surface area contributed by atoms with Gasteiger partial charge in [0, 0.05) is 22.8 Å². The van der Waals surface area contributed by atoms with E-state index in [1.54, 1.807) is 59.4 Å². The Hall–Kier alpha value is -3.16. The van der Waals surface area contributed by atoms with E-state index in [0.29, 0.717) is 34.6 Å². The first-order chi connectivity index (χ1) is 14.5. The number of nitrogens with zero attached hydrogens (tertiary/aromatic N) is 2. The lowest BCUT2D eigenvalue weighted by molar-refractivity contribution is 0.103. The van der Waals surface area contributed by atoms with Gasteiger partial charge in [0.15, 0.2) is 5.82 Å². The number of hydrogen-bond acceptors (Lipinski definition) is 4. The quantitative estimate of drug-likeness (QED) is 0.405. The van der Waals surface area contributed by atoms with Gasteiger partial charge in [-0.25, -0.2) is 4.39 Å². The van der Waals surface area contributed by atoms with E-state index in [0.717, 1.165) is 11.1 Å². The van der Waals surface area contributed by atoms with Crippen molar-refractivity contribution in [2.75, 3.05) is 5.32 Å². The zero-order valence-corrected chi connectivity index (χ0v) is 17.3. The maximum absolute atomic E-state index is 13.0. The summed E-state index contributed by atoms with van der Waals surface area (Å²) in [5, 5.41) is 9.67. The number of halogens is 2. The third-order valence-electron chi connectivity index (χ3n) is 4.24. The van der Waals surface area contributed by atoms with Crippen LogP contribution in [0.4, 0.5) is 10.2 Å². The number of benzene rings is 2.